The summed E-state index contributed by atoms with van der Waals surface area (Å²) in [7, 11) is -2.60. The molecule has 0 aliphatic carbocycles. The molecule has 0 fully saturated rings. The van der Waals surface area contributed by atoms with Crippen molar-refractivity contribution < 1.29 is 31.7 Å². The van der Waals surface area contributed by atoms with E-state index in [1.54, 1.807) is 63.2 Å². The minimum Gasteiger partial charge on any atom is -0.469 e. The molecule has 1 unspecified atom stereocenters. The third-order valence-corrected chi connectivity index (χ3v) is 5.11. The van der Waals surface area contributed by atoms with Gasteiger partial charge >= 0.3 is 22.2 Å². The highest BCUT2D eigenvalue weighted by atomic mass is 32.2. The number of hydrogen-bond acceptors (Lipinski definition) is 7. The fourth-order valence-corrected chi connectivity index (χ4v) is 3.73. The molecule has 2 aromatic carbocycles. The van der Waals surface area contributed by atoms with Crippen molar-refractivity contribution in [3.63, 3.8) is 0 Å². The van der Waals surface area contributed by atoms with Gasteiger partial charge in [-0.15, -0.1) is 0 Å². The first-order valence-corrected chi connectivity index (χ1v) is 11.2. The molecule has 8 nitrogen and oxygen atoms in total. The van der Waals surface area contributed by atoms with Gasteiger partial charge in [0.15, 0.2) is 0 Å². The number of benzene rings is 2. The number of rotatable bonds is 8. The Morgan fingerprint density at radius 1 is 1.00 bits per heavy atom. The van der Waals surface area contributed by atoms with E-state index in [0.29, 0.717) is 11.1 Å². The molecule has 0 saturated heterocycles. The molecule has 0 heterocycles. The van der Waals surface area contributed by atoms with Gasteiger partial charge in [-0.3, -0.25) is 4.79 Å². The maximum absolute atomic E-state index is 12.3. The van der Waals surface area contributed by atoms with Gasteiger partial charge in [0.2, 0.25) is 0 Å². The fourth-order valence-electron chi connectivity index (χ4n) is 2.66. The van der Waals surface area contributed by atoms with Gasteiger partial charge in [0.1, 0.15) is 17.1 Å². The molecular formula is C22H27NO7S. The van der Waals surface area contributed by atoms with Crippen LogP contribution >= 0.6 is 0 Å². The Balaban J connectivity index is 2.12. The van der Waals surface area contributed by atoms with E-state index < -0.39 is 33.8 Å². The van der Waals surface area contributed by atoms with Gasteiger partial charge in [-0.25, -0.2) is 4.79 Å². The molecule has 168 valence electrons. The van der Waals surface area contributed by atoms with Crippen LogP contribution in [-0.4, -0.2) is 33.2 Å². The summed E-state index contributed by atoms with van der Waals surface area (Å²) in [6.07, 6.45) is -0.811. The summed E-state index contributed by atoms with van der Waals surface area (Å²) in [5, 5.41) is 2.63. The first kappa shape index (κ1) is 24.2. The van der Waals surface area contributed by atoms with Crippen molar-refractivity contribution in [2.45, 2.75) is 44.6 Å². The Bertz CT molecular complexity index is 981. The SMILES string of the molecule is COC(=O)CC(NC(=O)OC(C)(C)C)c1ccc(OS(=O)(=O)Cc2ccccc2)cc1. The predicted octanol–water partition coefficient (Wildman–Crippen LogP) is 3.72. The number of carbonyl (C=O) groups excluding carboxylic acids is 2. The number of ether oxygens (including phenoxy) is 2. The molecular weight excluding hydrogens is 422 g/mol. The van der Waals surface area contributed by atoms with Crippen molar-refractivity contribution in [2.75, 3.05) is 7.11 Å². The van der Waals surface area contributed by atoms with Crippen LogP contribution in [0.5, 0.6) is 5.75 Å². The highest BCUT2D eigenvalue weighted by Crippen LogP contribution is 2.23. The molecule has 1 atom stereocenters. The van der Waals surface area contributed by atoms with Crippen LogP contribution in [0, 0.1) is 0 Å². The van der Waals surface area contributed by atoms with E-state index in [2.05, 4.69) is 5.32 Å². The summed E-state index contributed by atoms with van der Waals surface area (Å²) >= 11 is 0. The highest BCUT2D eigenvalue weighted by molar-refractivity contribution is 7.86. The van der Waals surface area contributed by atoms with Gasteiger partial charge in [-0.05, 0) is 44.0 Å². The molecule has 1 amide bonds. The number of alkyl carbamates (subject to hydrolysis) is 1. The second-order valence-electron chi connectivity index (χ2n) is 7.82. The lowest BCUT2D eigenvalue weighted by Gasteiger charge is -2.23. The Hall–Kier alpha value is -3.07. The number of amides is 1. The minimum atomic E-state index is -3.85. The van der Waals surface area contributed by atoms with Crippen LogP contribution in [-0.2, 0) is 30.1 Å². The van der Waals surface area contributed by atoms with E-state index in [-0.39, 0.29) is 17.9 Å². The van der Waals surface area contributed by atoms with Crippen molar-refractivity contribution in [3.8, 4) is 5.75 Å². The quantitative estimate of drug-likeness (QED) is 0.483. The van der Waals surface area contributed by atoms with Crippen LogP contribution in [0.15, 0.2) is 54.6 Å². The average Bonchev–Trinajstić information content (AvgIpc) is 2.66. The van der Waals surface area contributed by atoms with Gasteiger partial charge < -0.3 is 19.0 Å². The average molecular weight is 450 g/mol. The van der Waals surface area contributed by atoms with E-state index in [0.717, 1.165) is 0 Å². The van der Waals surface area contributed by atoms with Crippen LogP contribution < -0.4 is 9.50 Å². The van der Waals surface area contributed by atoms with Gasteiger partial charge in [0.05, 0.1) is 19.6 Å². The van der Waals surface area contributed by atoms with Crippen LogP contribution in [0.1, 0.15) is 44.4 Å². The molecule has 0 saturated carbocycles. The fraction of sp³-hybridized carbons (Fsp3) is 0.364. The Kier molecular flexibility index (Phi) is 8.04. The lowest BCUT2D eigenvalue weighted by Crippen LogP contribution is -2.36. The molecule has 0 aliphatic rings. The zero-order valence-electron chi connectivity index (χ0n) is 18.0. The van der Waals surface area contributed by atoms with E-state index in [4.69, 9.17) is 13.7 Å². The van der Waals surface area contributed by atoms with Crippen LogP contribution in [0.3, 0.4) is 0 Å². The maximum atomic E-state index is 12.3. The standard InChI is InChI=1S/C22H27NO7S/c1-22(2,3)29-21(25)23-19(14-20(24)28-4)17-10-12-18(13-11-17)30-31(26,27)15-16-8-6-5-7-9-16/h5-13,19H,14-15H2,1-4H3,(H,23,25). The lowest BCUT2D eigenvalue weighted by atomic mass is 10.0. The Labute approximate surface area is 182 Å². The van der Waals surface area contributed by atoms with Crippen LogP contribution in [0.2, 0.25) is 0 Å². The Morgan fingerprint density at radius 2 is 1.61 bits per heavy atom. The summed E-state index contributed by atoms with van der Waals surface area (Å²) in [4.78, 5) is 23.9. The van der Waals surface area contributed by atoms with Crippen molar-refractivity contribution >= 4 is 22.2 Å². The summed E-state index contributed by atoms with van der Waals surface area (Å²) in [5.41, 5.74) is 0.466. The minimum absolute atomic E-state index is 0.119. The first-order chi connectivity index (χ1) is 14.5. The lowest BCUT2D eigenvalue weighted by molar-refractivity contribution is -0.141. The van der Waals surface area contributed by atoms with Crippen molar-refractivity contribution in [3.05, 3.63) is 65.7 Å². The molecule has 0 bridgehead atoms. The molecule has 1 N–H and O–H groups in total. The third-order valence-electron chi connectivity index (χ3n) is 3.98. The third kappa shape index (κ3) is 8.67. The second kappa shape index (κ2) is 10.3. The zero-order chi connectivity index (χ0) is 23.1. The van der Waals surface area contributed by atoms with Crippen molar-refractivity contribution in [1.82, 2.24) is 5.32 Å². The molecule has 0 aliphatic heterocycles. The Morgan fingerprint density at radius 3 is 2.16 bits per heavy atom. The molecule has 0 aromatic heterocycles. The topological polar surface area (TPSA) is 108 Å². The van der Waals surface area contributed by atoms with E-state index in [9.17, 15) is 18.0 Å². The number of esters is 1. The summed E-state index contributed by atoms with van der Waals surface area (Å²) < 4.78 is 39.7. The summed E-state index contributed by atoms with van der Waals surface area (Å²) in [5.74, 6) is -0.665. The smallest absolute Gasteiger partial charge is 0.408 e. The highest BCUT2D eigenvalue weighted by Gasteiger charge is 2.23. The molecule has 0 spiro atoms. The largest absolute Gasteiger partial charge is 0.469 e. The van der Waals surface area contributed by atoms with Gasteiger partial charge in [0, 0.05) is 0 Å². The van der Waals surface area contributed by atoms with Crippen molar-refractivity contribution in [1.29, 1.82) is 0 Å². The molecule has 0 radical (unpaired) electrons. The molecule has 31 heavy (non-hydrogen) atoms. The number of methoxy groups -OCH3 is 1. The van der Waals surface area contributed by atoms with Crippen LogP contribution in [0.4, 0.5) is 4.79 Å². The zero-order valence-corrected chi connectivity index (χ0v) is 18.8. The predicted molar refractivity (Wildman–Crippen MR) is 115 cm³/mol. The van der Waals surface area contributed by atoms with Crippen molar-refractivity contribution in [2.24, 2.45) is 0 Å². The maximum Gasteiger partial charge on any atom is 0.408 e. The van der Waals surface area contributed by atoms with E-state index >= 15 is 0 Å². The number of carbonyl (C=O) groups is 2. The summed E-state index contributed by atoms with van der Waals surface area (Å²) in [6, 6.07) is 14.0. The molecule has 9 heteroatoms. The molecule has 2 rings (SSSR count). The normalized spacial score (nSPS) is 12.5. The van der Waals surface area contributed by atoms with Gasteiger partial charge in [-0.1, -0.05) is 42.5 Å². The molecule has 2 aromatic rings. The van der Waals surface area contributed by atoms with Crippen LogP contribution in [0.25, 0.3) is 0 Å². The monoisotopic (exact) mass is 449 g/mol. The number of nitrogens with one attached hydrogen (secondary N) is 1. The van der Waals surface area contributed by atoms with Gasteiger partial charge in [0.25, 0.3) is 0 Å². The van der Waals surface area contributed by atoms with E-state index in [1.807, 2.05) is 0 Å². The second-order valence-corrected chi connectivity index (χ2v) is 9.39. The van der Waals surface area contributed by atoms with E-state index in [1.165, 1.54) is 19.2 Å². The first-order valence-electron chi connectivity index (χ1n) is 9.60. The van der Waals surface area contributed by atoms with Gasteiger partial charge in [-0.2, -0.15) is 8.42 Å². The number of hydrogen-bond donors (Lipinski definition) is 1. The summed E-state index contributed by atoms with van der Waals surface area (Å²) in [6.45, 7) is 5.18.